The number of guanidine groups is 1. The molecule has 0 fully saturated rings. The predicted molar refractivity (Wildman–Crippen MR) is 127 cm³/mol. The molecule has 0 spiro atoms. The number of hydrogen-bond acceptors (Lipinski definition) is 3. The van der Waals surface area contributed by atoms with Gasteiger partial charge in [-0.3, -0.25) is 9.58 Å². The van der Waals surface area contributed by atoms with E-state index in [9.17, 15) is 0 Å². The van der Waals surface area contributed by atoms with Crippen molar-refractivity contribution in [2.45, 2.75) is 67.1 Å². The summed E-state index contributed by atoms with van der Waals surface area (Å²) in [5.74, 6) is 0.860. The zero-order chi connectivity index (χ0) is 22.1. The van der Waals surface area contributed by atoms with E-state index in [1.54, 1.807) is 0 Å². The molecular weight excluding hydrogens is 372 g/mol. The minimum atomic E-state index is 0.262. The summed E-state index contributed by atoms with van der Waals surface area (Å²) in [6, 6.07) is 9.04. The molecule has 6 nitrogen and oxygen atoms in total. The van der Waals surface area contributed by atoms with E-state index >= 15 is 0 Å². The third-order valence-electron chi connectivity index (χ3n) is 5.61. The molecule has 0 amide bonds. The van der Waals surface area contributed by atoms with Gasteiger partial charge in [-0.25, -0.2) is 4.99 Å². The topological polar surface area (TPSA) is 57.5 Å². The standard InChI is InChI=1S/C24H40N6/c1-8-25-24(27-18(4)14-23-19(5)28-29(7)20(23)6)26-16-21-12-11-13-22(15-21)17-30(9-2)10-3/h11-13,15,18H,8-10,14,16-17H2,1-7H3,(H2,25,26,27). The molecule has 0 aliphatic carbocycles. The summed E-state index contributed by atoms with van der Waals surface area (Å²) >= 11 is 0. The first-order valence-electron chi connectivity index (χ1n) is 11.2. The van der Waals surface area contributed by atoms with E-state index in [1.165, 1.54) is 22.4 Å². The molecule has 1 unspecified atom stereocenters. The Balaban J connectivity index is 2.03. The maximum atomic E-state index is 4.84. The highest BCUT2D eigenvalue weighted by Crippen LogP contribution is 2.14. The van der Waals surface area contributed by atoms with Gasteiger partial charge < -0.3 is 10.6 Å². The van der Waals surface area contributed by atoms with Crippen molar-refractivity contribution in [3.63, 3.8) is 0 Å². The second-order valence-electron chi connectivity index (χ2n) is 8.00. The molecule has 0 saturated carbocycles. The van der Waals surface area contributed by atoms with E-state index in [0.29, 0.717) is 6.54 Å². The van der Waals surface area contributed by atoms with Crippen molar-refractivity contribution in [3.05, 3.63) is 52.3 Å². The lowest BCUT2D eigenvalue weighted by molar-refractivity contribution is 0.296. The van der Waals surface area contributed by atoms with Gasteiger partial charge in [0.25, 0.3) is 0 Å². The molecule has 6 heteroatoms. The molecule has 1 atom stereocenters. The van der Waals surface area contributed by atoms with E-state index < -0.39 is 0 Å². The van der Waals surface area contributed by atoms with Crippen molar-refractivity contribution in [2.24, 2.45) is 12.0 Å². The van der Waals surface area contributed by atoms with Crippen LogP contribution >= 0.6 is 0 Å². The Kier molecular flexibility index (Phi) is 9.37. The molecule has 0 saturated heterocycles. The van der Waals surface area contributed by atoms with E-state index in [-0.39, 0.29) is 6.04 Å². The lowest BCUT2D eigenvalue weighted by Gasteiger charge is -2.19. The highest BCUT2D eigenvalue weighted by Gasteiger charge is 2.14. The number of benzene rings is 1. The first kappa shape index (κ1) is 23.9. The van der Waals surface area contributed by atoms with Crippen LogP contribution in [0.1, 0.15) is 55.8 Å². The highest BCUT2D eigenvalue weighted by atomic mass is 15.3. The smallest absolute Gasteiger partial charge is 0.191 e. The maximum absolute atomic E-state index is 4.84. The normalized spacial score (nSPS) is 13.0. The molecular formula is C24H40N6. The summed E-state index contributed by atoms with van der Waals surface area (Å²) in [7, 11) is 2.00. The zero-order valence-electron chi connectivity index (χ0n) is 19.9. The third kappa shape index (κ3) is 6.87. The monoisotopic (exact) mass is 412 g/mol. The summed E-state index contributed by atoms with van der Waals surface area (Å²) in [5.41, 5.74) is 6.24. The van der Waals surface area contributed by atoms with Crippen LogP contribution in [-0.4, -0.2) is 46.3 Å². The lowest BCUT2D eigenvalue weighted by atomic mass is 10.1. The largest absolute Gasteiger partial charge is 0.357 e. The third-order valence-corrected chi connectivity index (χ3v) is 5.61. The van der Waals surface area contributed by atoms with Crippen LogP contribution in [0.15, 0.2) is 29.3 Å². The van der Waals surface area contributed by atoms with Crippen molar-refractivity contribution in [2.75, 3.05) is 19.6 Å². The van der Waals surface area contributed by atoms with E-state index in [1.807, 2.05) is 11.7 Å². The van der Waals surface area contributed by atoms with Crippen LogP contribution < -0.4 is 10.6 Å². The Labute approximate surface area is 182 Å². The summed E-state index contributed by atoms with van der Waals surface area (Å²) in [6.07, 6.45) is 0.926. The number of nitrogens with one attached hydrogen (secondary N) is 2. The van der Waals surface area contributed by atoms with Crippen molar-refractivity contribution >= 4 is 5.96 Å². The zero-order valence-corrected chi connectivity index (χ0v) is 19.9. The maximum Gasteiger partial charge on any atom is 0.191 e. The summed E-state index contributed by atoms with van der Waals surface area (Å²) in [5, 5.41) is 11.5. The van der Waals surface area contributed by atoms with Crippen LogP contribution in [0.4, 0.5) is 0 Å². The van der Waals surface area contributed by atoms with Gasteiger partial charge in [-0.05, 0) is 63.9 Å². The Hall–Kier alpha value is -2.34. The summed E-state index contributed by atoms with van der Waals surface area (Å²) in [4.78, 5) is 7.26. The van der Waals surface area contributed by atoms with E-state index in [4.69, 9.17) is 4.99 Å². The second kappa shape index (κ2) is 11.7. The summed E-state index contributed by atoms with van der Waals surface area (Å²) in [6.45, 7) is 17.6. The predicted octanol–water partition coefficient (Wildman–Crippen LogP) is 3.57. The number of aromatic nitrogens is 2. The fraction of sp³-hybridized carbons (Fsp3) is 0.583. The van der Waals surface area contributed by atoms with Crippen molar-refractivity contribution in [1.82, 2.24) is 25.3 Å². The van der Waals surface area contributed by atoms with Crippen LogP contribution in [0.25, 0.3) is 0 Å². The molecule has 166 valence electrons. The van der Waals surface area contributed by atoms with Crippen LogP contribution in [0.2, 0.25) is 0 Å². The molecule has 30 heavy (non-hydrogen) atoms. The molecule has 0 bridgehead atoms. The molecule has 1 heterocycles. The number of aliphatic imine (C=N–C) groups is 1. The molecule has 2 aromatic rings. The minimum absolute atomic E-state index is 0.262. The number of nitrogens with zero attached hydrogens (tertiary/aromatic N) is 4. The Morgan fingerprint density at radius 3 is 2.47 bits per heavy atom. The molecule has 2 N–H and O–H groups in total. The van der Waals surface area contributed by atoms with E-state index in [0.717, 1.165) is 44.3 Å². The van der Waals surface area contributed by atoms with Gasteiger partial charge >= 0.3 is 0 Å². The second-order valence-corrected chi connectivity index (χ2v) is 8.00. The molecule has 1 aromatic carbocycles. The van der Waals surface area contributed by atoms with Crippen LogP contribution in [0.3, 0.4) is 0 Å². The fourth-order valence-electron chi connectivity index (χ4n) is 3.73. The van der Waals surface area contributed by atoms with Gasteiger partial charge in [-0.15, -0.1) is 0 Å². The van der Waals surface area contributed by atoms with Crippen LogP contribution in [-0.2, 0) is 26.6 Å². The first-order valence-corrected chi connectivity index (χ1v) is 11.2. The quantitative estimate of drug-likeness (QED) is 0.463. The van der Waals surface area contributed by atoms with E-state index in [2.05, 4.69) is 86.4 Å². The Morgan fingerprint density at radius 2 is 1.87 bits per heavy atom. The fourth-order valence-corrected chi connectivity index (χ4v) is 3.73. The minimum Gasteiger partial charge on any atom is -0.357 e. The average molecular weight is 413 g/mol. The molecule has 2 rings (SSSR count). The van der Waals surface area contributed by atoms with Crippen LogP contribution in [0, 0.1) is 13.8 Å². The first-order chi connectivity index (χ1) is 14.4. The van der Waals surface area contributed by atoms with Crippen molar-refractivity contribution in [1.29, 1.82) is 0 Å². The van der Waals surface area contributed by atoms with Crippen molar-refractivity contribution < 1.29 is 0 Å². The van der Waals surface area contributed by atoms with Crippen LogP contribution in [0.5, 0.6) is 0 Å². The Morgan fingerprint density at radius 1 is 1.17 bits per heavy atom. The molecule has 1 aromatic heterocycles. The highest BCUT2D eigenvalue weighted by molar-refractivity contribution is 5.80. The van der Waals surface area contributed by atoms with Gasteiger partial charge in [0.1, 0.15) is 0 Å². The Bertz CT molecular complexity index is 819. The number of aryl methyl sites for hydroxylation is 2. The molecule has 0 radical (unpaired) electrons. The van der Waals surface area contributed by atoms with Gasteiger partial charge in [0.15, 0.2) is 5.96 Å². The number of rotatable bonds is 10. The van der Waals surface area contributed by atoms with Gasteiger partial charge in [0.05, 0.1) is 12.2 Å². The van der Waals surface area contributed by atoms with Crippen molar-refractivity contribution in [3.8, 4) is 0 Å². The van der Waals surface area contributed by atoms with Gasteiger partial charge in [-0.1, -0.05) is 38.1 Å². The average Bonchev–Trinajstić information content (AvgIpc) is 2.96. The van der Waals surface area contributed by atoms with Gasteiger partial charge in [-0.2, -0.15) is 5.10 Å². The molecule has 0 aliphatic heterocycles. The lowest BCUT2D eigenvalue weighted by Crippen LogP contribution is -2.43. The van der Waals surface area contributed by atoms with Gasteiger partial charge in [0.2, 0.25) is 0 Å². The SMILES string of the molecule is CCNC(=NCc1cccc(CN(CC)CC)c1)NC(C)Cc1c(C)nn(C)c1C. The molecule has 0 aliphatic rings. The van der Waals surface area contributed by atoms with Gasteiger partial charge in [0, 0.05) is 31.9 Å². The number of hydrogen-bond donors (Lipinski definition) is 2. The summed E-state index contributed by atoms with van der Waals surface area (Å²) < 4.78 is 1.96.